The first-order valence-electron chi connectivity index (χ1n) is 8.83. The summed E-state index contributed by atoms with van der Waals surface area (Å²) < 4.78 is 13.4. The highest BCUT2D eigenvalue weighted by atomic mass is 35.5. The Morgan fingerprint density at radius 3 is 2.42 bits per heavy atom. The van der Waals surface area contributed by atoms with Crippen LogP contribution in [-0.2, 0) is 24.1 Å². The highest BCUT2D eigenvalue weighted by molar-refractivity contribution is 7.43. The number of nitrogens with zero attached hydrogens (tertiary/aromatic N) is 2. The van der Waals surface area contributed by atoms with Crippen molar-refractivity contribution in [3.05, 3.63) is 53.6 Å². The van der Waals surface area contributed by atoms with E-state index in [4.69, 9.17) is 30.8 Å². The monoisotopic (exact) mass is 402 g/mol. The summed E-state index contributed by atoms with van der Waals surface area (Å²) in [6.07, 6.45) is 14.1. The van der Waals surface area contributed by atoms with Crippen molar-refractivity contribution in [2.75, 3.05) is 0 Å². The smallest absolute Gasteiger partial charge is 0.262 e. The lowest BCUT2D eigenvalue weighted by molar-refractivity contribution is -0.696. The third-order valence-corrected chi connectivity index (χ3v) is 4.06. The molecule has 0 aliphatic carbocycles. The van der Waals surface area contributed by atoms with E-state index in [1.54, 1.807) is 0 Å². The normalized spacial score (nSPS) is 11.1. The summed E-state index contributed by atoms with van der Waals surface area (Å²) in [5.41, 5.74) is 1.38. The molecule has 0 unspecified atom stereocenters. The molecule has 2 aromatic rings. The largest absolute Gasteiger partial charge is 0.756 e. The fourth-order valence-electron chi connectivity index (χ4n) is 2.52. The minimum Gasteiger partial charge on any atom is -0.756 e. The lowest BCUT2D eigenvalue weighted by Gasteiger charge is -2.01. The molecule has 0 spiro atoms. The molecule has 146 valence electrons. The molecule has 0 radical (unpaired) electrons. The van der Waals surface area contributed by atoms with Crippen LogP contribution in [0.2, 0.25) is 5.02 Å². The van der Waals surface area contributed by atoms with Crippen LogP contribution in [0.1, 0.15) is 44.6 Å². The number of aryl methyl sites for hydroxylation is 3. The minimum atomic E-state index is -4.89. The van der Waals surface area contributed by atoms with Crippen molar-refractivity contribution >= 4 is 19.4 Å². The van der Waals surface area contributed by atoms with Crippen LogP contribution in [0.3, 0.4) is 0 Å². The Bertz CT molecular complexity index is 662. The van der Waals surface area contributed by atoms with E-state index in [2.05, 4.69) is 46.9 Å². The molecule has 0 saturated heterocycles. The van der Waals surface area contributed by atoms with Crippen LogP contribution < -0.4 is 9.46 Å². The van der Waals surface area contributed by atoms with Gasteiger partial charge in [0.2, 0.25) is 6.33 Å². The number of hydrogen-bond donors (Lipinski definition) is 2. The van der Waals surface area contributed by atoms with E-state index < -0.39 is 7.82 Å². The molecule has 2 N–H and O–H groups in total. The third-order valence-electron chi connectivity index (χ3n) is 3.81. The molecule has 1 aromatic carbocycles. The lowest BCUT2D eigenvalue weighted by atomic mass is 10.1. The molecule has 2 rings (SSSR count). The second-order valence-corrected chi connectivity index (χ2v) is 7.59. The Morgan fingerprint density at radius 1 is 1.15 bits per heavy atom. The number of aromatic nitrogens is 2. The van der Waals surface area contributed by atoms with E-state index in [0.29, 0.717) is 0 Å². The number of halogens is 1. The zero-order valence-corrected chi connectivity index (χ0v) is 16.8. The van der Waals surface area contributed by atoms with E-state index in [0.717, 1.165) is 24.5 Å². The van der Waals surface area contributed by atoms with Gasteiger partial charge >= 0.3 is 0 Å². The number of benzene rings is 1. The quantitative estimate of drug-likeness (QED) is 0.383. The van der Waals surface area contributed by atoms with Gasteiger partial charge in [-0.3, -0.25) is 4.57 Å². The van der Waals surface area contributed by atoms with Gasteiger partial charge in [0.05, 0.1) is 13.1 Å². The first-order valence-corrected chi connectivity index (χ1v) is 10.7. The molecule has 8 heteroatoms. The van der Waals surface area contributed by atoms with Crippen molar-refractivity contribution in [3.8, 4) is 0 Å². The Kier molecular flexibility index (Phi) is 10.8. The predicted molar refractivity (Wildman–Crippen MR) is 101 cm³/mol. The van der Waals surface area contributed by atoms with Crippen LogP contribution in [0, 0.1) is 0 Å². The molecule has 6 nitrogen and oxygen atoms in total. The van der Waals surface area contributed by atoms with Gasteiger partial charge in [0, 0.05) is 5.02 Å². The summed E-state index contributed by atoms with van der Waals surface area (Å²) >= 11 is 5.90. The Hall–Kier alpha value is -1.17. The second-order valence-electron chi connectivity index (χ2n) is 6.17. The maximum Gasteiger partial charge on any atom is 0.262 e. The van der Waals surface area contributed by atoms with Crippen LogP contribution in [-0.4, -0.2) is 14.4 Å². The molecule has 1 aromatic heterocycles. The standard InChI is InChI=1S/C18H26ClN2.H3O4P/c1-2-3-5-12-20-14-15-21(16-20)13-6-4-7-17-8-10-18(19)11-9-17;1-5(2,3)4/h8-11,14-16H,2-7,12-13H2,1H3;(H3,1,2,3,4)/q+1;/p-1. The average molecular weight is 403 g/mol. The van der Waals surface area contributed by atoms with Gasteiger partial charge in [0.25, 0.3) is 7.82 Å². The lowest BCUT2D eigenvalue weighted by Crippen LogP contribution is -2.30. The fourth-order valence-corrected chi connectivity index (χ4v) is 2.65. The SMILES string of the molecule is CCCCC[n+]1ccn(CCCCc2ccc(Cl)cc2)c1.O=P([O-])(O)O. The number of phosphoric acid groups is 1. The number of rotatable bonds is 9. The molecule has 0 aliphatic heterocycles. The van der Waals surface area contributed by atoms with Gasteiger partial charge < -0.3 is 14.7 Å². The summed E-state index contributed by atoms with van der Waals surface area (Å²) in [6.45, 7) is 4.50. The van der Waals surface area contributed by atoms with E-state index in [1.807, 2.05) is 12.1 Å². The predicted octanol–water partition coefficient (Wildman–Crippen LogP) is 3.08. The number of imidazole rings is 1. The first kappa shape index (κ1) is 22.9. The van der Waals surface area contributed by atoms with Crippen molar-refractivity contribution < 1.29 is 23.8 Å². The molecule has 0 bridgehead atoms. The molecule has 0 amide bonds. The maximum absolute atomic E-state index is 8.77. The van der Waals surface area contributed by atoms with Gasteiger partial charge in [0.1, 0.15) is 12.4 Å². The van der Waals surface area contributed by atoms with E-state index in [9.17, 15) is 0 Å². The molecule has 0 aliphatic rings. The molecule has 26 heavy (non-hydrogen) atoms. The molecule has 0 fully saturated rings. The fraction of sp³-hybridized carbons (Fsp3) is 0.500. The van der Waals surface area contributed by atoms with Crippen LogP contribution in [0.5, 0.6) is 0 Å². The Balaban J connectivity index is 0.000000597. The highest BCUT2D eigenvalue weighted by Gasteiger charge is 2.03. The van der Waals surface area contributed by atoms with Crippen molar-refractivity contribution in [2.24, 2.45) is 0 Å². The summed E-state index contributed by atoms with van der Waals surface area (Å²) in [6, 6.07) is 8.20. The molecule has 1 heterocycles. The van der Waals surface area contributed by atoms with Gasteiger partial charge in [-0.15, -0.1) is 0 Å². The van der Waals surface area contributed by atoms with E-state index in [-0.39, 0.29) is 0 Å². The Morgan fingerprint density at radius 2 is 1.81 bits per heavy atom. The minimum absolute atomic E-state index is 0.818. The molecular formula is C18H28ClN2O4P. The van der Waals surface area contributed by atoms with E-state index in [1.165, 1.54) is 37.7 Å². The second kappa shape index (κ2) is 12.3. The molecular weight excluding hydrogens is 375 g/mol. The summed E-state index contributed by atoms with van der Waals surface area (Å²) in [5, 5.41) is 0.818. The number of hydrogen-bond acceptors (Lipinski definition) is 2. The zero-order valence-electron chi connectivity index (χ0n) is 15.1. The number of unbranched alkanes of at least 4 members (excludes halogenated alkanes) is 3. The van der Waals surface area contributed by atoms with E-state index >= 15 is 0 Å². The Labute approximate surface area is 160 Å². The summed E-state index contributed by atoms with van der Waals surface area (Å²) in [7, 11) is -4.89. The third kappa shape index (κ3) is 12.2. The average Bonchev–Trinajstić information content (AvgIpc) is 3.00. The van der Waals surface area contributed by atoms with Gasteiger partial charge in [-0.1, -0.05) is 37.1 Å². The van der Waals surface area contributed by atoms with Gasteiger partial charge in [-0.05, 0) is 49.8 Å². The maximum atomic E-state index is 8.77. The van der Waals surface area contributed by atoms with Gasteiger partial charge in [-0.25, -0.2) is 9.13 Å². The molecule has 0 saturated carbocycles. The molecule has 0 atom stereocenters. The zero-order chi connectivity index (χ0) is 19.4. The van der Waals surface area contributed by atoms with Crippen LogP contribution >= 0.6 is 19.4 Å². The van der Waals surface area contributed by atoms with Crippen LogP contribution in [0.15, 0.2) is 43.0 Å². The first-order chi connectivity index (χ1) is 12.3. The van der Waals surface area contributed by atoms with Crippen LogP contribution in [0.25, 0.3) is 0 Å². The van der Waals surface area contributed by atoms with Crippen molar-refractivity contribution in [1.29, 1.82) is 0 Å². The topological polar surface area (TPSA) is 89.4 Å². The van der Waals surface area contributed by atoms with Crippen molar-refractivity contribution in [3.63, 3.8) is 0 Å². The van der Waals surface area contributed by atoms with Crippen LogP contribution in [0.4, 0.5) is 0 Å². The van der Waals surface area contributed by atoms with Crippen molar-refractivity contribution in [2.45, 2.75) is 58.5 Å². The summed E-state index contributed by atoms with van der Waals surface area (Å²) in [5.74, 6) is 0. The summed E-state index contributed by atoms with van der Waals surface area (Å²) in [4.78, 5) is 22.9. The van der Waals surface area contributed by atoms with Gasteiger partial charge in [-0.2, -0.15) is 0 Å². The van der Waals surface area contributed by atoms with Gasteiger partial charge in [0.15, 0.2) is 0 Å². The van der Waals surface area contributed by atoms with Crippen molar-refractivity contribution in [1.82, 2.24) is 4.57 Å². The highest BCUT2D eigenvalue weighted by Crippen LogP contribution is 2.19.